The molecule has 1 saturated heterocycles. The van der Waals surface area contributed by atoms with E-state index in [1.807, 2.05) is 36.6 Å². The number of aryl methyl sites for hydroxylation is 1. The number of rotatable bonds is 7. The normalized spacial score (nSPS) is 13.7. The third kappa shape index (κ3) is 4.95. The van der Waals surface area contributed by atoms with E-state index in [1.165, 1.54) is 11.3 Å². The molecular formula is C20H23N3O3S. The molecule has 3 amide bonds. The number of nitrogens with zero attached hydrogens (tertiary/aromatic N) is 1. The highest BCUT2D eigenvalue weighted by atomic mass is 32.1. The fourth-order valence-corrected chi connectivity index (χ4v) is 3.75. The summed E-state index contributed by atoms with van der Waals surface area (Å²) in [5.74, 6) is -0.0441. The zero-order valence-electron chi connectivity index (χ0n) is 15.3. The molecule has 2 heterocycles. The number of hydrogen-bond donors (Lipinski definition) is 2. The van der Waals surface area contributed by atoms with Crippen LogP contribution in [-0.4, -0.2) is 30.8 Å². The molecule has 0 saturated carbocycles. The molecule has 2 N–H and O–H groups in total. The maximum Gasteiger partial charge on any atom is 0.261 e. The van der Waals surface area contributed by atoms with E-state index in [0.29, 0.717) is 30.7 Å². The minimum atomic E-state index is -0.104. The Labute approximate surface area is 162 Å². The lowest BCUT2D eigenvalue weighted by Gasteiger charge is -2.19. The van der Waals surface area contributed by atoms with Crippen molar-refractivity contribution in [1.82, 2.24) is 5.32 Å². The van der Waals surface area contributed by atoms with Gasteiger partial charge in [-0.15, -0.1) is 11.3 Å². The first-order valence-electron chi connectivity index (χ1n) is 9.07. The van der Waals surface area contributed by atoms with E-state index in [4.69, 9.17) is 0 Å². The minimum absolute atomic E-state index is 0.0928. The third-order valence-electron chi connectivity index (χ3n) is 4.46. The highest BCUT2D eigenvalue weighted by Crippen LogP contribution is 2.27. The average Bonchev–Trinajstić information content (AvgIpc) is 3.31. The summed E-state index contributed by atoms with van der Waals surface area (Å²) in [4.78, 5) is 38.3. The molecule has 142 valence electrons. The molecule has 0 atom stereocenters. The van der Waals surface area contributed by atoms with E-state index >= 15 is 0 Å². The zero-order valence-corrected chi connectivity index (χ0v) is 16.1. The van der Waals surface area contributed by atoms with Gasteiger partial charge < -0.3 is 15.5 Å². The van der Waals surface area contributed by atoms with E-state index in [0.717, 1.165) is 29.9 Å². The van der Waals surface area contributed by atoms with Crippen molar-refractivity contribution in [1.29, 1.82) is 0 Å². The topological polar surface area (TPSA) is 78.5 Å². The van der Waals surface area contributed by atoms with Gasteiger partial charge in [-0.25, -0.2) is 0 Å². The molecule has 0 spiro atoms. The highest BCUT2D eigenvalue weighted by molar-refractivity contribution is 7.12. The van der Waals surface area contributed by atoms with Gasteiger partial charge >= 0.3 is 0 Å². The van der Waals surface area contributed by atoms with Crippen LogP contribution in [0.3, 0.4) is 0 Å². The Morgan fingerprint density at radius 3 is 2.78 bits per heavy atom. The summed E-state index contributed by atoms with van der Waals surface area (Å²) in [6, 6.07) is 9.20. The molecule has 0 aliphatic carbocycles. The molecule has 6 nitrogen and oxygen atoms in total. The summed E-state index contributed by atoms with van der Waals surface area (Å²) < 4.78 is 0. The molecule has 1 aliphatic rings. The Morgan fingerprint density at radius 2 is 2.11 bits per heavy atom. The van der Waals surface area contributed by atoms with E-state index < -0.39 is 0 Å². The van der Waals surface area contributed by atoms with Crippen molar-refractivity contribution >= 4 is 40.4 Å². The molecule has 1 fully saturated rings. The van der Waals surface area contributed by atoms with Crippen LogP contribution in [0, 0.1) is 6.92 Å². The van der Waals surface area contributed by atoms with Crippen molar-refractivity contribution in [2.45, 2.75) is 32.6 Å². The monoisotopic (exact) mass is 385 g/mol. The van der Waals surface area contributed by atoms with E-state index in [9.17, 15) is 14.4 Å². The second kappa shape index (κ2) is 8.81. The summed E-state index contributed by atoms with van der Waals surface area (Å²) in [6.45, 7) is 3.15. The van der Waals surface area contributed by atoms with Crippen LogP contribution in [0.5, 0.6) is 0 Å². The second-order valence-electron chi connectivity index (χ2n) is 6.54. The maximum atomic E-state index is 12.1. The highest BCUT2D eigenvalue weighted by Gasteiger charge is 2.23. The van der Waals surface area contributed by atoms with Gasteiger partial charge in [0.25, 0.3) is 5.91 Å². The van der Waals surface area contributed by atoms with Crippen LogP contribution in [0.4, 0.5) is 11.4 Å². The molecule has 1 aliphatic heterocycles. The number of benzene rings is 1. The van der Waals surface area contributed by atoms with Crippen molar-refractivity contribution < 1.29 is 14.4 Å². The fraction of sp³-hybridized carbons (Fsp3) is 0.350. The van der Waals surface area contributed by atoms with Crippen LogP contribution < -0.4 is 15.5 Å². The van der Waals surface area contributed by atoms with E-state index in [1.54, 1.807) is 11.0 Å². The molecule has 7 heteroatoms. The summed E-state index contributed by atoms with van der Waals surface area (Å²) in [7, 11) is 0. The Morgan fingerprint density at radius 1 is 1.26 bits per heavy atom. The molecule has 1 aromatic carbocycles. The molecule has 0 bridgehead atoms. The summed E-state index contributed by atoms with van der Waals surface area (Å²) in [5, 5.41) is 7.54. The molecule has 27 heavy (non-hydrogen) atoms. The van der Waals surface area contributed by atoms with Gasteiger partial charge in [-0.2, -0.15) is 0 Å². The first-order chi connectivity index (χ1) is 13.0. The number of anilines is 2. The first-order valence-corrected chi connectivity index (χ1v) is 9.95. The maximum absolute atomic E-state index is 12.1. The molecule has 2 aromatic rings. The van der Waals surface area contributed by atoms with Crippen molar-refractivity contribution in [2.24, 2.45) is 0 Å². The Kier molecular flexibility index (Phi) is 6.24. The predicted molar refractivity (Wildman–Crippen MR) is 107 cm³/mol. The van der Waals surface area contributed by atoms with Crippen LogP contribution in [0.15, 0.2) is 35.7 Å². The van der Waals surface area contributed by atoms with Gasteiger partial charge in [0.05, 0.1) is 4.88 Å². The molecule has 0 radical (unpaired) electrons. The van der Waals surface area contributed by atoms with Gasteiger partial charge in [-0.1, -0.05) is 6.07 Å². The van der Waals surface area contributed by atoms with Crippen LogP contribution in [0.25, 0.3) is 0 Å². The average molecular weight is 385 g/mol. The largest absolute Gasteiger partial charge is 0.351 e. The van der Waals surface area contributed by atoms with Crippen LogP contribution in [0.1, 0.15) is 40.9 Å². The zero-order chi connectivity index (χ0) is 19.2. The second-order valence-corrected chi connectivity index (χ2v) is 7.48. The van der Waals surface area contributed by atoms with Gasteiger partial charge in [0, 0.05) is 37.3 Å². The number of thiophene rings is 1. The molecule has 1 aromatic heterocycles. The van der Waals surface area contributed by atoms with Gasteiger partial charge in [0.15, 0.2) is 0 Å². The van der Waals surface area contributed by atoms with Gasteiger partial charge in [-0.3, -0.25) is 14.4 Å². The first kappa shape index (κ1) is 19.1. The molecule has 3 rings (SSSR count). The Balaban J connectivity index is 1.44. The lowest BCUT2D eigenvalue weighted by molar-refractivity contribution is -0.117. The number of amides is 3. The smallest absolute Gasteiger partial charge is 0.261 e. The van der Waals surface area contributed by atoms with E-state index in [-0.39, 0.29) is 17.7 Å². The fourth-order valence-electron chi connectivity index (χ4n) is 3.11. The Hall–Kier alpha value is -2.67. The van der Waals surface area contributed by atoms with Gasteiger partial charge in [0.1, 0.15) is 0 Å². The molecule has 0 unspecified atom stereocenters. The van der Waals surface area contributed by atoms with Crippen LogP contribution in [0.2, 0.25) is 0 Å². The van der Waals surface area contributed by atoms with Crippen molar-refractivity contribution in [3.63, 3.8) is 0 Å². The Bertz CT molecular complexity index is 833. The van der Waals surface area contributed by atoms with Crippen molar-refractivity contribution in [2.75, 3.05) is 23.3 Å². The summed E-state index contributed by atoms with van der Waals surface area (Å²) in [6.07, 6.45) is 2.39. The quantitative estimate of drug-likeness (QED) is 0.718. The van der Waals surface area contributed by atoms with E-state index in [2.05, 4.69) is 10.6 Å². The van der Waals surface area contributed by atoms with Crippen LogP contribution >= 0.6 is 11.3 Å². The number of carbonyl (C=O) groups excluding carboxylic acids is 3. The van der Waals surface area contributed by atoms with Crippen molar-refractivity contribution in [3.8, 4) is 0 Å². The van der Waals surface area contributed by atoms with Gasteiger partial charge in [-0.05, 0) is 55.0 Å². The van der Waals surface area contributed by atoms with Crippen LogP contribution in [-0.2, 0) is 9.59 Å². The lowest BCUT2D eigenvalue weighted by atomic mass is 10.1. The number of hydrogen-bond acceptors (Lipinski definition) is 4. The SMILES string of the molecule is Cc1cc(NC(=O)CCCNC(=O)c2cccs2)ccc1N1CCCC1=O. The lowest BCUT2D eigenvalue weighted by Crippen LogP contribution is -2.25. The minimum Gasteiger partial charge on any atom is -0.351 e. The third-order valence-corrected chi connectivity index (χ3v) is 5.32. The summed E-state index contributed by atoms with van der Waals surface area (Å²) >= 11 is 1.39. The number of nitrogens with one attached hydrogen (secondary N) is 2. The van der Waals surface area contributed by atoms with Crippen molar-refractivity contribution in [3.05, 3.63) is 46.2 Å². The number of carbonyl (C=O) groups is 3. The molecular weight excluding hydrogens is 362 g/mol. The summed E-state index contributed by atoms with van der Waals surface area (Å²) in [5.41, 5.74) is 2.59. The predicted octanol–water partition coefficient (Wildman–Crippen LogP) is 3.33. The van der Waals surface area contributed by atoms with Gasteiger partial charge in [0.2, 0.25) is 11.8 Å². The standard InChI is InChI=1S/C20H23N3O3S/c1-14-13-15(8-9-16(14)23-11-3-7-19(23)25)22-18(24)6-2-10-21-20(26)17-5-4-12-27-17/h4-5,8-9,12-13H,2-3,6-7,10-11H2,1H3,(H,21,26)(H,22,24).